The van der Waals surface area contributed by atoms with Crippen molar-refractivity contribution in [3.63, 3.8) is 0 Å². The van der Waals surface area contributed by atoms with Crippen LogP contribution in [0.3, 0.4) is 0 Å². The highest BCUT2D eigenvalue weighted by atomic mass is 35.5. The van der Waals surface area contributed by atoms with Gasteiger partial charge in [0.05, 0.1) is 11.4 Å². The van der Waals surface area contributed by atoms with Crippen molar-refractivity contribution in [1.82, 2.24) is 9.78 Å². The van der Waals surface area contributed by atoms with E-state index in [0.29, 0.717) is 28.3 Å². The van der Waals surface area contributed by atoms with Crippen molar-refractivity contribution in [2.75, 3.05) is 11.9 Å². The first-order valence-corrected chi connectivity index (χ1v) is 8.00. The maximum absolute atomic E-state index is 13.5. The van der Waals surface area contributed by atoms with E-state index in [-0.39, 0.29) is 5.75 Å². The average Bonchev–Trinajstić information content (AvgIpc) is 2.94. The minimum atomic E-state index is -0.877. The van der Waals surface area contributed by atoms with E-state index in [0.717, 1.165) is 12.1 Å². The van der Waals surface area contributed by atoms with Crippen molar-refractivity contribution >= 4 is 23.3 Å². The summed E-state index contributed by atoms with van der Waals surface area (Å²) in [6, 6.07) is 11.5. The molecule has 1 aromatic heterocycles. The normalized spacial score (nSPS) is 10.6. The fourth-order valence-corrected chi connectivity index (χ4v) is 2.49. The largest absolute Gasteiger partial charge is 0.481 e. The Morgan fingerprint density at radius 3 is 2.77 bits per heavy atom. The molecule has 0 unspecified atom stereocenters. The number of rotatable bonds is 5. The Hall–Kier alpha value is -2.93. The lowest BCUT2D eigenvalue weighted by molar-refractivity contribution is -0.118. The molecular formula is C18H14ClF2N3O2. The summed E-state index contributed by atoms with van der Waals surface area (Å²) < 4.78 is 33.0. The summed E-state index contributed by atoms with van der Waals surface area (Å²) in [7, 11) is 0. The third-order valence-electron chi connectivity index (χ3n) is 3.40. The Bertz CT molecular complexity index is 959. The molecule has 0 saturated carbocycles. The maximum Gasteiger partial charge on any atom is 0.263 e. The van der Waals surface area contributed by atoms with Crippen LogP contribution in [0.25, 0.3) is 5.69 Å². The first kappa shape index (κ1) is 17.9. The minimum absolute atomic E-state index is 0.207. The first-order valence-electron chi connectivity index (χ1n) is 7.62. The number of nitrogens with one attached hydrogen (secondary N) is 1. The topological polar surface area (TPSA) is 56.1 Å². The van der Waals surface area contributed by atoms with E-state index < -0.39 is 24.1 Å². The van der Waals surface area contributed by atoms with Gasteiger partial charge in [-0.1, -0.05) is 17.7 Å². The van der Waals surface area contributed by atoms with Crippen molar-refractivity contribution < 1.29 is 18.3 Å². The smallest absolute Gasteiger partial charge is 0.263 e. The van der Waals surface area contributed by atoms with Crippen LogP contribution in [-0.2, 0) is 4.79 Å². The lowest BCUT2D eigenvalue weighted by Gasteiger charge is -2.10. The van der Waals surface area contributed by atoms with Crippen LogP contribution < -0.4 is 10.1 Å². The van der Waals surface area contributed by atoms with Gasteiger partial charge in [0, 0.05) is 17.2 Å². The third-order valence-corrected chi connectivity index (χ3v) is 3.64. The maximum atomic E-state index is 13.5. The summed E-state index contributed by atoms with van der Waals surface area (Å²) in [5.41, 5.74) is 1.36. The number of halogens is 3. The molecule has 0 aliphatic heterocycles. The highest BCUT2D eigenvalue weighted by molar-refractivity contribution is 6.30. The highest BCUT2D eigenvalue weighted by Gasteiger charge is 2.13. The van der Waals surface area contributed by atoms with Crippen molar-refractivity contribution in [3.05, 3.63) is 70.9 Å². The van der Waals surface area contributed by atoms with Gasteiger partial charge in [-0.15, -0.1) is 0 Å². The lowest BCUT2D eigenvalue weighted by atomic mass is 10.3. The second-order valence-corrected chi connectivity index (χ2v) is 5.91. The van der Waals surface area contributed by atoms with E-state index in [9.17, 15) is 13.6 Å². The Morgan fingerprint density at radius 1 is 1.23 bits per heavy atom. The molecule has 26 heavy (non-hydrogen) atoms. The SMILES string of the molecule is Cc1cc(NC(=O)COc2ccc(F)cc2F)n(-c2cccc(Cl)c2)n1. The van der Waals surface area contributed by atoms with Gasteiger partial charge in [-0.2, -0.15) is 5.10 Å². The Labute approximate surface area is 153 Å². The van der Waals surface area contributed by atoms with E-state index >= 15 is 0 Å². The molecule has 1 N–H and O–H groups in total. The van der Waals surface area contributed by atoms with Crippen molar-refractivity contribution in [3.8, 4) is 11.4 Å². The number of hydrogen-bond acceptors (Lipinski definition) is 3. The fraction of sp³-hybridized carbons (Fsp3) is 0.111. The van der Waals surface area contributed by atoms with Gasteiger partial charge in [0.25, 0.3) is 5.91 Å². The molecule has 0 fully saturated rings. The number of nitrogens with zero attached hydrogens (tertiary/aromatic N) is 2. The van der Waals surface area contributed by atoms with Crippen LogP contribution in [0.2, 0.25) is 5.02 Å². The number of amides is 1. The molecule has 0 bridgehead atoms. The molecule has 134 valence electrons. The molecule has 0 radical (unpaired) electrons. The first-order chi connectivity index (χ1) is 12.4. The van der Waals surface area contributed by atoms with Crippen LogP contribution in [0.4, 0.5) is 14.6 Å². The van der Waals surface area contributed by atoms with Crippen molar-refractivity contribution in [2.45, 2.75) is 6.92 Å². The lowest BCUT2D eigenvalue weighted by Crippen LogP contribution is -2.22. The Kier molecular flexibility index (Phi) is 5.18. The van der Waals surface area contributed by atoms with Crippen LogP contribution >= 0.6 is 11.6 Å². The second kappa shape index (κ2) is 7.53. The van der Waals surface area contributed by atoms with Gasteiger partial charge in [-0.25, -0.2) is 13.5 Å². The molecule has 1 heterocycles. The summed E-state index contributed by atoms with van der Waals surface area (Å²) in [5.74, 6) is -1.91. The van der Waals surface area contributed by atoms with Gasteiger partial charge in [-0.3, -0.25) is 4.79 Å². The third kappa shape index (κ3) is 4.18. The van der Waals surface area contributed by atoms with Crippen LogP contribution in [0.5, 0.6) is 5.75 Å². The molecule has 0 aliphatic carbocycles. The molecule has 0 aliphatic rings. The van der Waals surface area contributed by atoms with Crippen LogP contribution in [0, 0.1) is 18.6 Å². The zero-order valence-corrected chi connectivity index (χ0v) is 14.4. The zero-order chi connectivity index (χ0) is 18.7. The number of carbonyl (C=O) groups excluding carboxylic acids is 1. The summed E-state index contributed by atoms with van der Waals surface area (Å²) in [5, 5.41) is 7.50. The van der Waals surface area contributed by atoms with Crippen LogP contribution in [-0.4, -0.2) is 22.3 Å². The van der Waals surface area contributed by atoms with Crippen LogP contribution in [0.1, 0.15) is 5.69 Å². The fourth-order valence-electron chi connectivity index (χ4n) is 2.31. The summed E-state index contributed by atoms with van der Waals surface area (Å²) in [4.78, 5) is 12.1. The number of hydrogen-bond donors (Lipinski definition) is 1. The summed E-state index contributed by atoms with van der Waals surface area (Å²) in [6.45, 7) is 1.34. The van der Waals surface area contributed by atoms with Crippen molar-refractivity contribution in [1.29, 1.82) is 0 Å². The standard InChI is InChI=1S/C18H14ClF2N3O2/c1-11-7-17(24(23-11)14-4-2-3-12(19)8-14)22-18(25)10-26-16-6-5-13(20)9-15(16)21/h2-9H,10H2,1H3,(H,22,25). The number of anilines is 1. The number of carbonyl (C=O) groups is 1. The van der Waals surface area contributed by atoms with Gasteiger partial charge in [0.1, 0.15) is 11.6 Å². The number of ether oxygens (including phenoxy) is 1. The molecular weight excluding hydrogens is 364 g/mol. The number of aryl methyl sites for hydroxylation is 1. The predicted molar refractivity (Wildman–Crippen MR) is 93.8 cm³/mol. The predicted octanol–water partition coefficient (Wildman–Crippen LogP) is 4.13. The molecule has 2 aromatic carbocycles. The monoisotopic (exact) mass is 377 g/mol. The molecule has 1 amide bonds. The van der Waals surface area contributed by atoms with Gasteiger partial charge in [0.2, 0.25) is 0 Å². The number of benzene rings is 2. The van der Waals surface area contributed by atoms with Gasteiger partial charge in [0.15, 0.2) is 18.2 Å². The molecule has 3 aromatic rings. The van der Waals surface area contributed by atoms with Crippen LogP contribution in [0.15, 0.2) is 48.5 Å². The van der Waals surface area contributed by atoms with E-state index in [1.165, 1.54) is 4.68 Å². The van der Waals surface area contributed by atoms with Gasteiger partial charge >= 0.3 is 0 Å². The van der Waals surface area contributed by atoms with E-state index in [2.05, 4.69) is 10.4 Å². The summed E-state index contributed by atoms with van der Waals surface area (Å²) in [6.07, 6.45) is 0. The average molecular weight is 378 g/mol. The molecule has 8 heteroatoms. The minimum Gasteiger partial charge on any atom is -0.481 e. The van der Waals surface area contributed by atoms with Gasteiger partial charge in [-0.05, 0) is 37.3 Å². The molecule has 0 spiro atoms. The molecule has 3 rings (SSSR count). The Balaban J connectivity index is 1.72. The number of aromatic nitrogens is 2. The zero-order valence-electron chi connectivity index (χ0n) is 13.7. The van der Waals surface area contributed by atoms with Crippen molar-refractivity contribution in [2.24, 2.45) is 0 Å². The van der Waals surface area contributed by atoms with E-state index in [1.54, 1.807) is 37.3 Å². The highest BCUT2D eigenvalue weighted by Crippen LogP contribution is 2.21. The Morgan fingerprint density at radius 2 is 2.04 bits per heavy atom. The molecule has 0 atom stereocenters. The molecule has 5 nitrogen and oxygen atoms in total. The van der Waals surface area contributed by atoms with E-state index in [4.69, 9.17) is 16.3 Å². The quantitative estimate of drug-likeness (QED) is 0.727. The van der Waals surface area contributed by atoms with Gasteiger partial charge < -0.3 is 10.1 Å². The summed E-state index contributed by atoms with van der Waals surface area (Å²) >= 11 is 5.99. The van der Waals surface area contributed by atoms with E-state index in [1.807, 2.05) is 0 Å². The second-order valence-electron chi connectivity index (χ2n) is 5.47. The molecule has 0 saturated heterocycles.